The van der Waals surface area contributed by atoms with Gasteiger partial charge in [-0.15, -0.1) is 0 Å². The van der Waals surface area contributed by atoms with Crippen molar-refractivity contribution in [1.82, 2.24) is 4.98 Å². The molecule has 1 aromatic heterocycles. The molecule has 0 amide bonds. The molecule has 1 N–H and O–H groups in total. The lowest BCUT2D eigenvalue weighted by Crippen LogP contribution is -2.00. The molecule has 146 valence electrons. The predicted octanol–water partition coefficient (Wildman–Crippen LogP) is 6.51. The summed E-state index contributed by atoms with van der Waals surface area (Å²) >= 11 is 6.06. The fourth-order valence-electron chi connectivity index (χ4n) is 3.04. The molecule has 0 fully saturated rings. The zero-order valence-corrected chi connectivity index (χ0v) is 16.6. The molecule has 30 heavy (non-hydrogen) atoms. The molecule has 0 aliphatic heterocycles. The Labute approximate surface area is 178 Å². The number of carboxylic acids is 1. The molecule has 0 atom stereocenters. The molecule has 0 spiro atoms. The van der Waals surface area contributed by atoms with Gasteiger partial charge >= 0.3 is 5.97 Å². The summed E-state index contributed by atoms with van der Waals surface area (Å²) < 4.78 is 0. The van der Waals surface area contributed by atoms with Gasteiger partial charge in [0.15, 0.2) is 0 Å². The lowest BCUT2D eigenvalue weighted by molar-refractivity contribution is 0.0697. The average molecular weight is 413 g/mol. The Kier molecular flexibility index (Phi) is 5.68. The molecule has 4 aromatic rings. The number of benzene rings is 3. The van der Waals surface area contributed by atoms with E-state index < -0.39 is 5.97 Å². The molecule has 4 rings (SSSR count). The van der Waals surface area contributed by atoms with Gasteiger partial charge < -0.3 is 5.11 Å². The highest BCUT2D eigenvalue weighted by molar-refractivity contribution is 6.31. The van der Waals surface area contributed by atoms with Crippen LogP contribution in [0.4, 0.5) is 5.69 Å². The Balaban J connectivity index is 1.56. The number of aromatic carboxylic acids is 1. The summed E-state index contributed by atoms with van der Waals surface area (Å²) in [6, 6.07) is 24.1. The first kappa shape index (κ1) is 19.6. The van der Waals surface area contributed by atoms with Gasteiger partial charge in [-0.05, 0) is 48.0 Å². The van der Waals surface area contributed by atoms with Crippen LogP contribution in [-0.4, -0.2) is 22.3 Å². The van der Waals surface area contributed by atoms with Crippen LogP contribution < -0.4 is 0 Å². The molecule has 0 saturated heterocycles. The topological polar surface area (TPSA) is 62.5 Å². The van der Waals surface area contributed by atoms with Crippen molar-refractivity contribution in [3.8, 4) is 0 Å². The molecular weight excluding hydrogens is 396 g/mol. The van der Waals surface area contributed by atoms with Crippen LogP contribution in [0, 0.1) is 0 Å². The van der Waals surface area contributed by atoms with Crippen molar-refractivity contribution < 1.29 is 9.90 Å². The maximum atomic E-state index is 11.3. The first-order valence-corrected chi connectivity index (χ1v) is 9.67. The van der Waals surface area contributed by atoms with E-state index in [1.165, 1.54) is 0 Å². The summed E-state index contributed by atoms with van der Waals surface area (Å²) in [7, 11) is 0. The van der Waals surface area contributed by atoms with Crippen molar-refractivity contribution in [3.63, 3.8) is 0 Å². The SMILES string of the molecule is O=C(O)c1ccccc1C=Nc1cccc(C=Cc2ccc3ccc(Cl)cc3n2)c1. The molecule has 0 unspecified atom stereocenters. The van der Waals surface area contributed by atoms with E-state index in [1.807, 2.05) is 66.7 Å². The third kappa shape index (κ3) is 4.62. The number of hydrogen-bond donors (Lipinski definition) is 1. The summed E-state index contributed by atoms with van der Waals surface area (Å²) in [5, 5.41) is 11.0. The molecule has 0 radical (unpaired) electrons. The normalized spacial score (nSPS) is 11.5. The zero-order chi connectivity index (χ0) is 20.9. The number of pyridine rings is 1. The molecule has 0 saturated carbocycles. The van der Waals surface area contributed by atoms with Crippen LogP contribution in [-0.2, 0) is 0 Å². The van der Waals surface area contributed by atoms with Gasteiger partial charge in [0.05, 0.1) is 22.5 Å². The van der Waals surface area contributed by atoms with E-state index >= 15 is 0 Å². The second-order valence-corrected chi connectivity index (χ2v) is 7.09. The van der Waals surface area contributed by atoms with Crippen molar-refractivity contribution >= 4 is 52.5 Å². The summed E-state index contributed by atoms with van der Waals surface area (Å²) in [6.07, 6.45) is 5.47. The summed E-state index contributed by atoms with van der Waals surface area (Å²) in [4.78, 5) is 20.4. The minimum Gasteiger partial charge on any atom is -0.478 e. The maximum Gasteiger partial charge on any atom is 0.336 e. The molecule has 4 nitrogen and oxygen atoms in total. The van der Waals surface area contributed by atoms with Gasteiger partial charge in [-0.25, -0.2) is 9.78 Å². The molecule has 0 aliphatic rings. The van der Waals surface area contributed by atoms with Crippen molar-refractivity contribution in [2.75, 3.05) is 0 Å². The largest absolute Gasteiger partial charge is 0.478 e. The molecule has 0 bridgehead atoms. The lowest BCUT2D eigenvalue weighted by atomic mass is 10.1. The highest BCUT2D eigenvalue weighted by Crippen LogP contribution is 2.20. The molecule has 0 aliphatic carbocycles. The molecular formula is C25H17ClN2O2. The predicted molar refractivity (Wildman–Crippen MR) is 123 cm³/mol. The van der Waals surface area contributed by atoms with Crippen molar-refractivity contribution in [1.29, 1.82) is 0 Å². The van der Waals surface area contributed by atoms with Gasteiger partial charge in [0.25, 0.3) is 0 Å². The second kappa shape index (κ2) is 8.72. The molecule has 5 heteroatoms. The fraction of sp³-hybridized carbons (Fsp3) is 0. The number of rotatable bonds is 5. The number of hydrogen-bond acceptors (Lipinski definition) is 3. The Bertz CT molecular complexity index is 1300. The number of aromatic nitrogens is 1. The summed E-state index contributed by atoms with van der Waals surface area (Å²) in [5.74, 6) is -0.974. The number of carboxylic acid groups (broad SMARTS) is 1. The van der Waals surface area contributed by atoms with E-state index in [9.17, 15) is 9.90 Å². The molecule has 3 aromatic carbocycles. The van der Waals surface area contributed by atoms with E-state index in [-0.39, 0.29) is 5.56 Å². The number of fused-ring (bicyclic) bond motifs is 1. The van der Waals surface area contributed by atoms with E-state index in [1.54, 1.807) is 30.5 Å². The average Bonchev–Trinajstić information content (AvgIpc) is 2.76. The minimum atomic E-state index is -0.974. The minimum absolute atomic E-state index is 0.222. The van der Waals surface area contributed by atoms with Crippen LogP contribution in [0.15, 0.2) is 83.9 Å². The van der Waals surface area contributed by atoms with Crippen LogP contribution in [0.1, 0.15) is 27.2 Å². The summed E-state index contributed by atoms with van der Waals surface area (Å²) in [5.41, 5.74) is 4.15. The van der Waals surface area contributed by atoms with E-state index in [0.29, 0.717) is 10.6 Å². The molecule has 1 heterocycles. The van der Waals surface area contributed by atoms with Crippen molar-refractivity contribution in [3.05, 3.63) is 106 Å². The first-order valence-electron chi connectivity index (χ1n) is 9.29. The fourth-order valence-corrected chi connectivity index (χ4v) is 3.20. The number of nitrogens with zero attached hydrogens (tertiary/aromatic N) is 2. The van der Waals surface area contributed by atoms with Crippen LogP contribution in [0.5, 0.6) is 0 Å². The van der Waals surface area contributed by atoms with Gasteiger partial charge in [-0.2, -0.15) is 0 Å². The number of carbonyl (C=O) groups is 1. The lowest BCUT2D eigenvalue weighted by Gasteiger charge is -2.01. The quantitative estimate of drug-likeness (QED) is 0.380. The Morgan fingerprint density at radius 1 is 0.933 bits per heavy atom. The van der Waals surface area contributed by atoms with E-state index in [4.69, 9.17) is 11.6 Å². The Hall–Kier alpha value is -3.76. The zero-order valence-electron chi connectivity index (χ0n) is 15.9. The number of halogens is 1. The van der Waals surface area contributed by atoms with E-state index in [0.717, 1.165) is 27.8 Å². The Morgan fingerprint density at radius 2 is 1.77 bits per heavy atom. The van der Waals surface area contributed by atoms with Crippen LogP contribution >= 0.6 is 11.6 Å². The van der Waals surface area contributed by atoms with Gasteiger partial charge in [-0.3, -0.25) is 4.99 Å². The highest BCUT2D eigenvalue weighted by atomic mass is 35.5. The highest BCUT2D eigenvalue weighted by Gasteiger charge is 2.06. The van der Waals surface area contributed by atoms with Crippen molar-refractivity contribution in [2.24, 2.45) is 4.99 Å². The van der Waals surface area contributed by atoms with Gasteiger partial charge in [-0.1, -0.05) is 60.1 Å². The van der Waals surface area contributed by atoms with Crippen LogP contribution in [0.3, 0.4) is 0 Å². The first-order chi connectivity index (χ1) is 14.6. The van der Waals surface area contributed by atoms with E-state index in [2.05, 4.69) is 9.98 Å². The second-order valence-electron chi connectivity index (χ2n) is 6.65. The summed E-state index contributed by atoms with van der Waals surface area (Å²) in [6.45, 7) is 0. The van der Waals surface area contributed by atoms with Gasteiger partial charge in [0.2, 0.25) is 0 Å². The third-order valence-corrected chi connectivity index (χ3v) is 4.77. The monoisotopic (exact) mass is 412 g/mol. The third-order valence-electron chi connectivity index (χ3n) is 4.54. The van der Waals surface area contributed by atoms with Crippen LogP contribution in [0.2, 0.25) is 5.02 Å². The van der Waals surface area contributed by atoms with Gasteiger partial charge in [0, 0.05) is 22.2 Å². The van der Waals surface area contributed by atoms with Crippen molar-refractivity contribution in [2.45, 2.75) is 0 Å². The Morgan fingerprint density at radius 3 is 2.63 bits per heavy atom. The standard InChI is InChI=1S/C25H17ClN2O2/c26-20-11-9-18-10-13-21(28-24(18)15-20)12-8-17-4-3-6-22(14-17)27-16-19-5-1-2-7-23(19)25(29)30/h1-16H,(H,29,30). The smallest absolute Gasteiger partial charge is 0.336 e. The maximum absolute atomic E-state index is 11.3. The van der Waals surface area contributed by atoms with Gasteiger partial charge in [0.1, 0.15) is 0 Å². The number of aliphatic imine (C=N–C) groups is 1. The van der Waals surface area contributed by atoms with Crippen LogP contribution in [0.25, 0.3) is 23.1 Å².